The van der Waals surface area contributed by atoms with Gasteiger partial charge in [-0.15, -0.1) is 0 Å². The molecule has 2 aromatic carbocycles. The standard InChI is InChI=1S/C23H25NO6/c1-26-18-7-5-14(10-19(18)27-2)4-6-16(25)12-17-21-15(8-9-24-17)11-20-22(23(21)28-3)30-13-29-20/h4-7,10-11,17,24H,8-9,12-13H2,1-3H3/b6-4+. The van der Waals surface area contributed by atoms with Crippen molar-refractivity contribution in [3.05, 3.63) is 47.0 Å². The maximum atomic E-state index is 12.7. The Kier molecular flexibility index (Phi) is 5.81. The Balaban J connectivity index is 1.53. The van der Waals surface area contributed by atoms with Gasteiger partial charge in [0.1, 0.15) is 0 Å². The Bertz CT molecular complexity index is 984. The number of allylic oxidation sites excluding steroid dienone is 1. The summed E-state index contributed by atoms with van der Waals surface area (Å²) in [5, 5.41) is 3.44. The van der Waals surface area contributed by atoms with Crippen molar-refractivity contribution in [2.45, 2.75) is 18.9 Å². The fourth-order valence-corrected chi connectivity index (χ4v) is 3.94. The number of ketones is 1. The van der Waals surface area contributed by atoms with Gasteiger partial charge >= 0.3 is 0 Å². The van der Waals surface area contributed by atoms with Crippen LogP contribution in [0.3, 0.4) is 0 Å². The van der Waals surface area contributed by atoms with Gasteiger partial charge in [0.05, 0.1) is 21.3 Å². The number of hydrogen-bond acceptors (Lipinski definition) is 7. The smallest absolute Gasteiger partial charge is 0.231 e. The minimum Gasteiger partial charge on any atom is -0.493 e. The number of carbonyl (C=O) groups is 1. The second-order valence-electron chi connectivity index (χ2n) is 7.09. The minimum atomic E-state index is -0.152. The maximum absolute atomic E-state index is 12.7. The number of hydrogen-bond donors (Lipinski definition) is 1. The van der Waals surface area contributed by atoms with Crippen molar-refractivity contribution in [2.75, 3.05) is 34.7 Å². The summed E-state index contributed by atoms with van der Waals surface area (Å²) in [4.78, 5) is 12.7. The summed E-state index contributed by atoms with van der Waals surface area (Å²) in [5.41, 5.74) is 2.95. The van der Waals surface area contributed by atoms with Crippen molar-refractivity contribution in [2.24, 2.45) is 0 Å². The average Bonchev–Trinajstić information content (AvgIpc) is 3.24. The van der Waals surface area contributed by atoms with Gasteiger partial charge in [-0.1, -0.05) is 12.1 Å². The number of fused-ring (bicyclic) bond motifs is 2. The Labute approximate surface area is 175 Å². The van der Waals surface area contributed by atoms with Crippen LogP contribution in [-0.2, 0) is 11.2 Å². The predicted octanol–water partition coefficient (Wildman–Crippen LogP) is 3.30. The predicted molar refractivity (Wildman–Crippen MR) is 112 cm³/mol. The van der Waals surface area contributed by atoms with Crippen molar-refractivity contribution < 1.29 is 28.5 Å². The van der Waals surface area contributed by atoms with Crippen LogP contribution >= 0.6 is 0 Å². The van der Waals surface area contributed by atoms with E-state index in [-0.39, 0.29) is 18.6 Å². The van der Waals surface area contributed by atoms with Crippen LogP contribution in [0.15, 0.2) is 30.3 Å². The van der Waals surface area contributed by atoms with Gasteiger partial charge in [-0.3, -0.25) is 4.79 Å². The van der Waals surface area contributed by atoms with E-state index in [0.717, 1.165) is 29.7 Å². The van der Waals surface area contributed by atoms with E-state index in [1.54, 1.807) is 33.5 Å². The first-order chi connectivity index (χ1) is 14.6. The van der Waals surface area contributed by atoms with Crippen molar-refractivity contribution in [3.63, 3.8) is 0 Å². The molecule has 0 saturated carbocycles. The Morgan fingerprint density at radius 2 is 1.97 bits per heavy atom. The third-order valence-electron chi connectivity index (χ3n) is 5.36. The van der Waals surface area contributed by atoms with Gasteiger partial charge in [0.25, 0.3) is 0 Å². The van der Waals surface area contributed by atoms with Gasteiger partial charge < -0.3 is 29.0 Å². The molecule has 1 atom stereocenters. The molecule has 0 saturated heterocycles. The highest BCUT2D eigenvalue weighted by Gasteiger charge is 2.32. The average molecular weight is 411 g/mol. The van der Waals surface area contributed by atoms with E-state index in [1.165, 1.54) is 0 Å². The summed E-state index contributed by atoms with van der Waals surface area (Å²) >= 11 is 0. The summed E-state index contributed by atoms with van der Waals surface area (Å²) in [6.07, 6.45) is 4.53. The zero-order valence-electron chi connectivity index (χ0n) is 17.3. The lowest BCUT2D eigenvalue weighted by atomic mass is 9.89. The third-order valence-corrected chi connectivity index (χ3v) is 5.36. The number of benzene rings is 2. The van der Waals surface area contributed by atoms with Crippen LogP contribution in [0, 0.1) is 0 Å². The quantitative estimate of drug-likeness (QED) is 0.701. The monoisotopic (exact) mass is 411 g/mol. The molecule has 0 bridgehead atoms. The molecule has 4 rings (SSSR count). The lowest BCUT2D eigenvalue weighted by Gasteiger charge is -2.28. The molecule has 1 N–H and O–H groups in total. The van der Waals surface area contributed by atoms with Gasteiger partial charge in [0.15, 0.2) is 28.8 Å². The summed E-state index contributed by atoms with van der Waals surface area (Å²) < 4.78 is 27.3. The molecule has 0 radical (unpaired) electrons. The van der Waals surface area contributed by atoms with Gasteiger partial charge in [-0.2, -0.15) is 0 Å². The molecule has 7 heteroatoms. The van der Waals surface area contributed by atoms with E-state index in [9.17, 15) is 4.79 Å². The van der Waals surface area contributed by atoms with Crippen LogP contribution in [0.1, 0.15) is 29.2 Å². The van der Waals surface area contributed by atoms with Crippen LogP contribution < -0.4 is 29.0 Å². The van der Waals surface area contributed by atoms with Crippen LogP contribution in [0.4, 0.5) is 0 Å². The Morgan fingerprint density at radius 1 is 1.13 bits per heavy atom. The molecule has 0 amide bonds. The highest BCUT2D eigenvalue weighted by atomic mass is 16.7. The largest absolute Gasteiger partial charge is 0.493 e. The highest BCUT2D eigenvalue weighted by Crippen LogP contribution is 2.48. The summed E-state index contributed by atoms with van der Waals surface area (Å²) in [6, 6.07) is 7.37. The summed E-state index contributed by atoms with van der Waals surface area (Å²) in [5.74, 6) is 3.23. The molecule has 7 nitrogen and oxygen atoms in total. The minimum absolute atomic E-state index is 0.00912. The Hall–Kier alpha value is -3.19. The molecule has 0 aromatic heterocycles. The number of nitrogens with one attached hydrogen (secondary N) is 1. The zero-order chi connectivity index (χ0) is 21.1. The summed E-state index contributed by atoms with van der Waals surface area (Å²) in [6.45, 7) is 0.965. The first-order valence-electron chi connectivity index (χ1n) is 9.80. The topological polar surface area (TPSA) is 75.3 Å². The molecule has 2 aliphatic rings. The van der Waals surface area contributed by atoms with Gasteiger partial charge in [0, 0.05) is 18.0 Å². The Morgan fingerprint density at radius 3 is 2.73 bits per heavy atom. The SMILES string of the molecule is COc1ccc(/C=C/C(=O)CC2NCCc3cc4c(c(OC)c32)OCO4)cc1OC. The van der Waals surface area contributed by atoms with Crippen molar-refractivity contribution >= 4 is 11.9 Å². The second kappa shape index (κ2) is 8.67. The van der Waals surface area contributed by atoms with Crippen LogP contribution in [0.5, 0.6) is 28.7 Å². The van der Waals surface area contributed by atoms with Crippen LogP contribution in [-0.4, -0.2) is 40.5 Å². The number of rotatable bonds is 7. The van der Waals surface area contributed by atoms with Crippen LogP contribution in [0.25, 0.3) is 6.08 Å². The molecule has 2 aromatic rings. The molecule has 0 aliphatic carbocycles. The summed E-state index contributed by atoms with van der Waals surface area (Å²) in [7, 11) is 4.79. The molecular formula is C23H25NO6. The third kappa shape index (κ3) is 3.80. The normalized spacial score (nSPS) is 17.0. The number of ether oxygens (including phenoxy) is 5. The highest BCUT2D eigenvalue weighted by molar-refractivity contribution is 5.94. The molecule has 2 heterocycles. The fraction of sp³-hybridized carbons (Fsp3) is 0.348. The van der Waals surface area contributed by atoms with E-state index < -0.39 is 0 Å². The van der Waals surface area contributed by atoms with Gasteiger partial charge in [0.2, 0.25) is 12.5 Å². The van der Waals surface area contributed by atoms with Gasteiger partial charge in [-0.05, 0) is 48.4 Å². The zero-order valence-corrected chi connectivity index (χ0v) is 17.3. The molecule has 2 aliphatic heterocycles. The van der Waals surface area contributed by atoms with E-state index in [4.69, 9.17) is 23.7 Å². The van der Waals surface area contributed by atoms with E-state index in [2.05, 4.69) is 5.32 Å². The van der Waals surface area contributed by atoms with Gasteiger partial charge in [-0.25, -0.2) is 0 Å². The van der Waals surface area contributed by atoms with Crippen molar-refractivity contribution in [1.82, 2.24) is 5.32 Å². The van der Waals surface area contributed by atoms with E-state index >= 15 is 0 Å². The lowest BCUT2D eigenvalue weighted by molar-refractivity contribution is -0.115. The molecule has 158 valence electrons. The molecule has 0 spiro atoms. The maximum Gasteiger partial charge on any atom is 0.231 e. The molecular weight excluding hydrogens is 386 g/mol. The first kappa shape index (κ1) is 20.1. The molecule has 30 heavy (non-hydrogen) atoms. The first-order valence-corrected chi connectivity index (χ1v) is 9.80. The van der Waals surface area contributed by atoms with E-state index in [1.807, 2.05) is 24.3 Å². The van der Waals surface area contributed by atoms with Crippen molar-refractivity contribution in [3.8, 4) is 28.7 Å². The lowest BCUT2D eigenvalue weighted by Crippen LogP contribution is -2.31. The molecule has 0 fully saturated rings. The van der Waals surface area contributed by atoms with Crippen LogP contribution in [0.2, 0.25) is 0 Å². The van der Waals surface area contributed by atoms with E-state index in [0.29, 0.717) is 35.2 Å². The number of carbonyl (C=O) groups excluding carboxylic acids is 1. The fourth-order valence-electron chi connectivity index (χ4n) is 3.94. The van der Waals surface area contributed by atoms with Crippen molar-refractivity contribution in [1.29, 1.82) is 0 Å². The molecule has 1 unspecified atom stereocenters. The second-order valence-corrected chi connectivity index (χ2v) is 7.09. The number of methoxy groups -OCH3 is 3.